The molecule has 0 aliphatic heterocycles. The minimum absolute atomic E-state index is 0.132. The van der Waals surface area contributed by atoms with Crippen LogP contribution in [0.3, 0.4) is 0 Å². The van der Waals surface area contributed by atoms with Crippen molar-refractivity contribution in [2.24, 2.45) is 0 Å². The molecule has 0 spiro atoms. The van der Waals surface area contributed by atoms with Gasteiger partial charge in [-0.15, -0.1) is 0 Å². The molecule has 0 saturated heterocycles. The summed E-state index contributed by atoms with van der Waals surface area (Å²) in [7, 11) is 0. The first-order chi connectivity index (χ1) is 15.1. The van der Waals surface area contributed by atoms with Crippen LogP contribution in [0.5, 0.6) is 0 Å². The van der Waals surface area contributed by atoms with E-state index in [1.165, 1.54) is 6.07 Å². The minimum Gasteiger partial charge on any atom is -0.459 e. The number of fused-ring (bicyclic) bond motifs is 7. The van der Waals surface area contributed by atoms with Crippen molar-refractivity contribution in [1.29, 1.82) is 0 Å². The maximum atomic E-state index is 15.7. The molecule has 0 amide bonds. The molecule has 4 rings (SSSR count). The number of benzene rings is 3. The van der Waals surface area contributed by atoms with Gasteiger partial charge in [-0.1, -0.05) is 30.3 Å². The summed E-state index contributed by atoms with van der Waals surface area (Å²) in [6.45, 7) is 6.48. The van der Waals surface area contributed by atoms with Crippen LogP contribution in [0.1, 0.15) is 26.3 Å². The van der Waals surface area contributed by atoms with Gasteiger partial charge in [0.25, 0.3) is 5.56 Å². The van der Waals surface area contributed by atoms with Gasteiger partial charge in [-0.3, -0.25) is 14.2 Å². The Morgan fingerprint density at radius 3 is 2.41 bits per heavy atom. The standard InChI is InChI=1S/C26H23F2NO3/c1-15-7-5-10-18-16-8-6-9-17(13-16)29(14-21(30)32-26(2,3)4)25(31)23-20(27)12-11-19(22(15)18)24(23)28/h5-13H,14H2,1-4H3. The zero-order chi connectivity index (χ0) is 23.2. The van der Waals surface area contributed by atoms with E-state index in [9.17, 15) is 14.0 Å². The fraction of sp³-hybridized carbons (Fsp3) is 0.231. The molecule has 1 heterocycles. The molecule has 6 heteroatoms. The number of nitrogens with zero attached hydrogens (tertiary/aromatic N) is 1. The molecule has 4 nitrogen and oxygen atoms in total. The number of aromatic nitrogens is 1. The number of aryl methyl sites for hydroxylation is 1. The molecule has 0 radical (unpaired) electrons. The van der Waals surface area contributed by atoms with Gasteiger partial charge in [0.15, 0.2) is 0 Å². The Balaban J connectivity index is 2.23. The van der Waals surface area contributed by atoms with Gasteiger partial charge in [-0.25, -0.2) is 8.78 Å². The van der Waals surface area contributed by atoms with Crippen molar-refractivity contribution in [1.82, 2.24) is 4.57 Å². The van der Waals surface area contributed by atoms with Crippen molar-refractivity contribution in [2.75, 3.05) is 0 Å². The zero-order valence-electron chi connectivity index (χ0n) is 18.3. The molecule has 0 unspecified atom stereocenters. The molecule has 0 N–H and O–H groups in total. The van der Waals surface area contributed by atoms with E-state index >= 15 is 4.39 Å². The van der Waals surface area contributed by atoms with Crippen molar-refractivity contribution in [3.05, 3.63) is 82.1 Å². The Labute approximate surface area is 183 Å². The monoisotopic (exact) mass is 435 g/mol. The second kappa shape index (κ2) is 7.86. The van der Waals surface area contributed by atoms with E-state index in [-0.39, 0.29) is 5.39 Å². The summed E-state index contributed by atoms with van der Waals surface area (Å²) in [5.41, 5.74) is -0.576. The number of hydrogen-bond donors (Lipinski definition) is 0. The third-order valence-electron chi connectivity index (χ3n) is 5.27. The van der Waals surface area contributed by atoms with E-state index in [0.717, 1.165) is 27.0 Å². The van der Waals surface area contributed by atoms with Crippen molar-refractivity contribution >= 4 is 38.4 Å². The van der Waals surface area contributed by atoms with E-state index in [2.05, 4.69) is 0 Å². The lowest BCUT2D eigenvalue weighted by molar-refractivity contribution is -0.155. The Morgan fingerprint density at radius 1 is 0.969 bits per heavy atom. The maximum Gasteiger partial charge on any atom is 0.326 e. The number of carbonyl (C=O) groups excluding carboxylic acids is 1. The minimum atomic E-state index is -0.989. The van der Waals surface area contributed by atoms with Gasteiger partial charge in [0.1, 0.15) is 29.2 Å². The van der Waals surface area contributed by atoms with E-state index in [1.54, 1.807) is 39.0 Å². The van der Waals surface area contributed by atoms with Gasteiger partial charge in [-0.05, 0) is 73.7 Å². The Morgan fingerprint density at radius 2 is 1.69 bits per heavy atom. The van der Waals surface area contributed by atoms with E-state index in [0.29, 0.717) is 10.9 Å². The lowest BCUT2D eigenvalue weighted by Crippen LogP contribution is -2.30. The van der Waals surface area contributed by atoms with E-state index < -0.39 is 40.7 Å². The van der Waals surface area contributed by atoms with Crippen LogP contribution in [0.15, 0.2) is 59.4 Å². The second-order valence-electron chi connectivity index (χ2n) is 8.81. The first-order valence-corrected chi connectivity index (χ1v) is 10.3. The largest absolute Gasteiger partial charge is 0.459 e. The first kappa shape index (κ1) is 21.7. The molecule has 164 valence electrons. The van der Waals surface area contributed by atoms with Crippen LogP contribution in [0.2, 0.25) is 0 Å². The summed E-state index contributed by atoms with van der Waals surface area (Å²) in [6.07, 6.45) is 0. The van der Waals surface area contributed by atoms with Crippen LogP contribution in [0, 0.1) is 18.6 Å². The average Bonchev–Trinajstić information content (AvgIpc) is 2.71. The maximum absolute atomic E-state index is 15.7. The normalized spacial score (nSPS) is 11.8. The van der Waals surface area contributed by atoms with Gasteiger partial charge in [0.05, 0.1) is 0 Å². The van der Waals surface area contributed by atoms with Crippen LogP contribution < -0.4 is 5.56 Å². The Kier molecular flexibility index (Phi) is 5.33. The third-order valence-corrected chi connectivity index (χ3v) is 5.27. The second-order valence-corrected chi connectivity index (χ2v) is 8.81. The summed E-state index contributed by atoms with van der Waals surface area (Å²) in [4.78, 5) is 26.0. The molecular formula is C26H23F2NO3. The molecule has 0 aliphatic carbocycles. The topological polar surface area (TPSA) is 48.3 Å². The quantitative estimate of drug-likeness (QED) is 0.374. The highest BCUT2D eigenvalue weighted by molar-refractivity contribution is 6.08. The van der Waals surface area contributed by atoms with Gasteiger partial charge >= 0.3 is 5.97 Å². The summed E-state index contributed by atoms with van der Waals surface area (Å²) in [5, 5.41) is 1.52. The number of rotatable bonds is 2. The summed E-state index contributed by atoms with van der Waals surface area (Å²) >= 11 is 0. The predicted octanol–water partition coefficient (Wildman–Crippen LogP) is 5.80. The number of halogens is 2. The third kappa shape index (κ3) is 3.88. The fourth-order valence-corrected chi connectivity index (χ4v) is 3.97. The van der Waals surface area contributed by atoms with Gasteiger partial charge < -0.3 is 4.74 Å². The molecule has 32 heavy (non-hydrogen) atoms. The smallest absolute Gasteiger partial charge is 0.326 e. The average molecular weight is 435 g/mol. The van der Waals surface area contributed by atoms with Crippen LogP contribution in [0.25, 0.3) is 32.4 Å². The molecule has 4 bridgehead atoms. The molecule has 3 aromatic carbocycles. The van der Waals surface area contributed by atoms with Crippen LogP contribution in [-0.4, -0.2) is 16.1 Å². The Hall–Kier alpha value is -3.54. The number of esters is 1. The van der Waals surface area contributed by atoms with Crippen LogP contribution >= 0.6 is 0 Å². The molecule has 0 atom stereocenters. The number of carbonyl (C=O) groups is 1. The highest BCUT2D eigenvalue weighted by atomic mass is 19.1. The highest BCUT2D eigenvalue weighted by Gasteiger charge is 2.20. The van der Waals surface area contributed by atoms with Crippen molar-refractivity contribution in [3.63, 3.8) is 0 Å². The molecule has 1 aromatic heterocycles. The fourth-order valence-electron chi connectivity index (χ4n) is 3.97. The summed E-state index contributed by atoms with van der Waals surface area (Å²) in [6, 6.07) is 14.9. The molecular weight excluding hydrogens is 412 g/mol. The lowest BCUT2D eigenvalue weighted by Gasteiger charge is -2.20. The van der Waals surface area contributed by atoms with Gasteiger partial charge in [-0.2, -0.15) is 0 Å². The highest BCUT2D eigenvalue weighted by Crippen LogP contribution is 2.29. The number of ether oxygens (including phenoxy) is 1. The van der Waals surface area contributed by atoms with Crippen molar-refractivity contribution < 1.29 is 18.3 Å². The molecule has 0 saturated carbocycles. The number of hydrogen-bond acceptors (Lipinski definition) is 3. The lowest BCUT2D eigenvalue weighted by atomic mass is 9.99. The summed E-state index contributed by atoms with van der Waals surface area (Å²) in [5.74, 6) is -2.62. The first-order valence-electron chi connectivity index (χ1n) is 10.3. The van der Waals surface area contributed by atoms with Crippen molar-refractivity contribution in [2.45, 2.75) is 39.8 Å². The zero-order valence-corrected chi connectivity index (χ0v) is 18.3. The summed E-state index contributed by atoms with van der Waals surface area (Å²) < 4.78 is 36.9. The van der Waals surface area contributed by atoms with Gasteiger partial charge in [0.2, 0.25) is 0 Å². The molecule has 4 aromatic rings. The Bertz CT molecular complexity index is 1480. The molecule has 0 fully saturated rings. The van der Waals surface area contributed by atoms with E-state index in [4.69, 9.17) is 4.74 Å². The predicted molar refractivity (Wildman–Crippen MR) is 123 cm³/mol. The van der Waals surface area contributed by atoms with Crippen LogP contribution in [-0.2, 0) is 16.1 Å². The van der Waals surface area contributed by atoms with Crippen molar-refractivity contribution in [3.8, 4) is 0 Å². The van der Waals surface area contributed by atoms with E-state index in [1.807, 2.05) is 31.2 Å². The van der Waals surface area contributed by atoms with Gasteiger partial charge in [0, 0.05) is 10.9 Å². The SMILES string of the molecule is Cc1cccc2c3cccc(c3)n(CC(=O)OC(C)(C)C)c(=O)c3c(F)ccc(c3F)c12. The van der Waals surface area contributed by atoms with Crippen LogP contribution in [0.4, 0.5) is 8.78 Å². The molecule has 0 aliphatic rings.